The Hall–Kier alpha value is -3.88. The molecule has 0 spiro atoms. The van der Waals surface area contributed by atoms with Gasteiger partial charge in [0.2, 0.25) is 5.91 Å². The Kier molecular flexibility index (Phi) is 12.2. The van der Waals surface area contributed by atoms with Crippen LogP contribution >= 0.6 is 0 Å². The second-order valence-electron chi connectivity index (χ2n) is 12.1. The fourth-order valence-electron chi connectivity index (χ4n) is 5.32. The van der Waals surface area contributed by atoms with Crippen molar-refractivity contribution >= 4 is 17.5 Å². The molecule has 236 valence electrons. The van der Waals surface area contributed by atoms with E-state index in [0.717, 1.165) is 56.9 Å². The van der Waals surface area contributed by atoms with Gasteiger partial charge < -0.3 is 29.1 Å². The molecule has 0 N–H and O–H groups in total. The van der Waals surface area contributed by atoms with Crippen LogP contribution in [0.1, 0.15) is 47.7 Å². The summed E-state index contributed by atoms with van der Waals surface area (Å²) in [7, 11) is 7.96. The highest BCUT2D eigenvalue weighted by atomic mass is 16.5. The van der Waals surface area contributed by atoms with Crippen molar-refractivity contribution in [3.05, 3.63) is 89.5 Å². The largest absolute Gasteiger partial charge is 0.491 e. The summed E-state index contributed by atoms with van der Waals surface area (Å²) in [6.07, 6.45) is 2.25. The number of rotatable bonds is 14. The Labute approximate surface area is 263 Å². The van der Waals surface area contributed by atoms with Crippen LogP contribution in [0, 0.1) is 5.92 Å². The molecule has 2 amide bonds. The van der Waals surface area contributed by atoms with Gasteiger partial charge in [-0.25, -0.2) is 0 Å². The third kappa shape index (κ3) is 9.56. The molecule has 1 fully saturated rings. The number of ether oxygens (including phenoxy) is 2. The zero-order chi connectivity index (χ0) is 31.5. The topological polar surface area (TPSA) is 65.6 Å². The minimum Gasteiger partial charge on any atom is -0.491 e. The number of carbonyl (C=O) groups is 2. The van der Waals surface area contributed by atoms with Crippen molar-refractivity contribution in [1.29, 1.82) is 0 Å². The molecule has 4 rings (SSSR count). The van der Waals surface area contributed by atoms with Gasteiger partial charge in [-0.1, -0.05) is 49.4 Å². The number of hydrogen-bond acceptors (Lipinski definition) is 6. The summed E-state index contributed by atoms with van der Waals surface area (Å²) in [5.41, 5.74) is 3.33. The normalized spacial score (nSPS) is 14.4. The van der Waals surface area contributed by atoms with Gasteiger partial charge in [-0.3, -0.25) is 9.59 Å². The summed E-state index contributed by atoms with van der Waals surface area (Å²) in [4.78, 5) is 34.4. The Morgan fingerprint density at radius 3 is 2.25 bits per heavy atom. The summed E-state index contributed by atoms with van der Waals surface area (Å²) >= 11 is 0. The number of anilines is 1. The van der Waals surface area contributed by atoms with E-state index in [9.17, 15) is 9.59 Å². The predicted octanol–water partition coefficient (Wildman–Crippen LogP) is 5.56. The second-order valence-corrected chi connectivity index (χ2v) is 12.1. The van der Waals surface area contributed by atoms with Crippen LogP contribution in [0.3, 0.4) is 0 Å². The average molecular weight is 601 g/mol. The summed E-state index contributed by atoms with van der Waals surface area (Å²) < 4.78 is 12.3. The Morgan fingerprint density at radius 2 is 1.52 bits per heavy atom. The molecular weight excluding hydrogens is 552 g/mol. The minimum atomic E-state index is -0.127. The van der Waals surface area contributed by atoms with E-state index in [0.29, 0.717) is 35.9 Å². The van der Waals surface area contributed by atoms with E-state index in [1.54, 1.807) is 11.9 Å². The summed E-state index contributed by atoms with van der Waals surface area (Å²) in [6, 6.07) is 23.3. The molecule has 0 radical (unpaired) electrons. The molecule has 44 heavy (non-hydrogen) atoms. The highest BCUT2D eigenvalue weighted by Gasteiger charge is 2.21. The van der Waals surface area contributed by atoms with Gasteiger partial charge in [0.15, 0.2) is 0 Å². The maximum Gasteiger partial charge on any atom is 0.258 e. The fourth-order valence-corrected chi connectivity index (χ4v) is 5.32. The molecule has 1 aliphatic rings. The zero-order valence-corrected chi connectivity index (χ0v) is 27.0. The monoisotopic (exact) mass is 600 g/mol. The number of para-hydroxylation sites is 2. The Balaban J connectivity index is 1.31. The van der Waals surface area contributed by atoms with Gasteiger partial charge >= 0.3 is 0 Å². The fraction of sp³-hybridized carbons (Fsp3) is 0.444. The molecule has 0 aliphatic carbocycles. The van der Waals surface area contributed by atoms with Crippen LogP contribution in [-0.2, 0) is 17.9 Å². The standard InChI is InChI=1S/C36H48N4O4/c1-28(14-19-35(41)40-23-21-38(4)22-24-40)20-25-43-34-13-9-8-12-33(34)39(5)36(42)32-11-7-6-10-30(32)27-44-31-17-15-29(16-18-31)26-37(2)3/h6-13,15-18,28H,14,19-27H2,1-5H3. The third-order valence-electron chi connectivity index (χ3n) is 8.17. The van der Waals surface area contributed by atoms with Gasteiger partial charge in [0.1, 0.15) is 18.1 Å². The van der Waals surface area contributed by atoms with Crippen molar-refractivity contribution in [2.75, 3.05) is 65.9 Å². The van der Waals surface area contributed by atoms with Crippen molar-refractivity contribution in [2.45, 2.75) is 39.3 Å². The molecule has 0 saturated carbocycles. The summed E-state index contributed by atoms with van der Waals surface area (Å²) in [5, 5.41) is 0. The van der Waals surface area contributed by atoms with Crippen LogP contribution in [0.15, 0.2) is 72.8 Å². The van der Waals surface area contributed by atoms with Crippen LogP contribution in [0.2, 0.25) is 0 Å². The van der Waals surface area contributed by atoms with Crippen LogP contribution < -0.4 is 14.4 Å². The number of carbonyl (C=O) groups excluding carboxylic acids is 2. The van der Waals surface area contributed by atoms with Crippen LogP contribution in [0.25, 0.3) is 0 Å². The molecule has 1 aliphatic heterocycles. The number of nitrogens with zero attached hydrogens (tertiary/aromatic N) is 4. The lowest BCUT2D eigenvalue weighted by Gasteiger charge is -2.32. The van der Waals surface area contributed by atoms with E-state index in [1.165, 1.54) is 5.56 Å². The number of amides is 2. The molecule has 1 saturated heterocycles. The summed E-state index contributed by atoms with van der Waals surface area (Å²) in [5.74, 6) is 1.90. The van der Waals surface area contributed by atoms with Gasteiger partial charge in [0.25, 0.3) is 5.91 Å². The van der Waals surface area contributed by atoms with Crippen molar-refractivity contribution in [3.8, 4) is 11.5 Å². The number of piperazine rings is 1. The lowest BCUT2D eigenvalue weighted by Crippen LogP contribution is -2.47. The SMILES string of the molecule is CC(CCOc1ccccc1N(C)C(=O)c1ccccc1COc1ccc(CN(C)C)cc1)CCC(=O)N1CCN(C)CC1. The molecule has 1 atom stereocenters. The van der Waals surface area contributed by atoms with Crippen molar-refractivity contribution < 1.29 is 19.1 Å². The molecule has 1 heterocycles. The molecule has 8 nitrogen and oxygen atoms in total. The highest BCUT2D eigenvalue weighted by molar-refractivity contribution is 6.07. The van der Waals surface area contributed by atoms with E-state index in [4.69, 9.17) is 9.47 Å². The zero-order valence-electron chi connectivity index (χ0n) is 27.0. The number of hydrogen-bond donors (Lipinski definition) is 0. The maximum atomic E-state index is 13.7. The Morgan fingerprint density at radius 1 is 0.841 bits per heavy atom. The molecule has 0 bridgehead atoms. The van der Waals surface area contributed by atoms with Crippen molar-refractivity contribution in [1.82, 2.24) is 14.7 Å². The Bertz CT molecular complexity index is 1350. The second kappa shape index (κ2) is 16.3. The first-order chi connectivity index (χ1) is 21.2. The van der Waals surface area contributed by atoms with E-state index in [2.05, 4.69) is 35.9 Å². The minimum absolute atomic E-state index is 0.127. The van der Waals surface area contributed by atoms with E-state index >= 15 is 0 Å². The van der Waals surface area contributed by atoms with Crippen molar-refractivity contribution in [2.24, 2.45) is 5.92 Å². The molecule has 1 unspecified atom stereocenters. The first kappa shape index (κ1) is 33.0. The lowest BCUT2D eigenvalue weighted by molar-refractivity contribution is -0.133. The summed E-state index contributed by atoms with van der Waals surface area (Å²) in [6.45, 7) is 7.35. The average Bonchev–Trinajstić information content (AvgIpc) is 3.03. The molecular formula is C36H48N4O4. The molecule has 3 aromatic carbocycles. The van der Waals surface area contributed by atoms with Gasteiger partial charge in [0, 0.05) is 57.3 Å². The van der Waals surface area contributed by atoms with E-state index in [-0.39, 0.29) is 18.4 Å². The number of benzene rings is 3. The first-order valence-electron chi connectivity index (χ1n) is 15.6. The molecule has 3 aromatic rings. The quantitative estimate of drug-likeness (QED) is 0.241. The van der Waals surface area contributed by atoms with Crippen LogP contribution in [0.5, 0.6) is 11.5 Å². The van der Waals surface area contributed by atoms with Gasteiger partial charge in [0.05, 0.1) is 12.3 Å². The van der Waals surface area contributed by atoms with Crippen molar-refractivity contribution in [3.63, 3.8) is 0 Å². The van der Waals surface area contributed by atoms with Gasteiger partial charge in [-0.2, -0.15) is 0 Å². The van der Waals surface area contributed by atoms with Gasteiger partial charge in [-0.15, -0.1) is 0 Å². The lowest BCUT2D eigenvalue weighted by atomic mass is 10.0. The van der Waals surface area contributed by atoms with Crippen LogP contribution in [0.4, 0.5) is 5.69 Å². The third-order valence-corrected chi connectivity index (χ3v) is 8.17. The van der Waals surface area contributed by atoms with Gasteiger partial charge in [-0.05, 0) is 75.8 Å². The van der Waals surface area contributed by atoms with Crippen LogP contribution in [-0.4, -0.2) is 87.5 Å². The molecule has 8 heteroatoms. The molecule has 0 aromatic heterocycles. The predicted molar refractivity (Wildman–Crippen MR) is 176 cm³/mol. The van der Waals surface area contributed by atoms with E-state index < -0.39 is 0 Å². The maximum absolute atomic E-state index is 13.7. The highest BCUT2D eigenvalue weighted by Crippen LogP contribution is 2.29. The smallest absolute Gasteiger partial charge is 0.258 e. The van der Waals surface area contributed by atoms with E-state index in [1.807, 2.05) is 79.7 Å². The number of likely N-dealkylation sites (N-methyl/N-ethyl adjacent to an activating group) is 1. The first-order valence-corrected chi connectivity index (χ1v) is 15.6.